The zero-order valence-corrected chi connectivity index (χ0v) is 9.67. The van der Waals surface area contributed by atoms with Crippen LogP contribution in [0.3, 0.4) is 0 Å². The third-order valence-corrected chi connectivity index (χ3v) is 2.18. The number of likely N-dealkylation sites (N-methyl/N-ethyl adjacent to an activating group) is 1. The molecule has 0 aromatic heterocycles. The van der Waals surface area contributed by atoms with Crippen LogP contribution in [0.25, 0.3) is 0 Å². The minimum Gasteiger partial charge on any atom is -0.344 e. The Kier molecular flexibility index (Phi) is 6.75. The summed E-state index contributed by atoms with van der Waals surface area (Å²) < 4.78 is 0. The van der Waals surface area contributed by atoms with E-state index in [4.69, 9.17) is 5.73 Å². The van der Waals surface area contributed by atoms with E-state index in [9.17, 15) is 4.79 Å². The van der Waals surface area contributed by atoms with Crippen LogP contribution in [0.2, 0.25) is 0 Å². The van der Waals surface area contributed by atoms with Crippen molar-refractivity contribution in [1.82, 2.24) is 4.90 Å². The van der Waals surface area contributed by atoms with Crippen molar-refractivity contribution < 1.29 is 4.79 Å². The van der Waals surface area contributed by atoms with Crippen LogP contribution in [0.1, 0.15) is 5.56 Å². The van der Waals surface area contributed by atoms with Gasteiger partial charge in [0, 0.05) is 13.6 Å². The minimum absolute atomic E-state index is 0. The van der Waals surface area contributed by atoms with Gasteiger partial charge in [-0.3, -0.25) is 4.79 Å². The van der Waals surface area contributed by atoms with Crippen molar-refractivity contribution in [2.24, 2.45) is 5.73 Å². The molecular formula is C11H17ClN2O. The molecule has 84 valence electrons. The van der Waals surface area contributed by atoms with E-state index in [0.717, 1.165) is 13.0 Å². The SMILES string of the molecule is CN(CCc1ccccc1)C(=O)CN.Cl. The van der Waals surface area contributed by atoms with Gasteiger partial charge in [0.25, 0.3) is 0 Å². The number of carbonyl (C=O) groups excluding carboxylic acids is 1. The lowest BCUT2D eigenvalue weighted by Crippen LogP contribution is -2.34. The number of carbonyl (C=O) groups is 1. The summed E-state index contributed by atoms with van der Waals surface area (Å²) in [7, 11) is 1.78. The number of hydrogen-bond donors (Lipinski definition) is 1. The van der Waals surface area contributed by atoms with E-state index < -0.39 is 0 Å². The van der Waals surface area contributed by atoms with Crippen LogP contribution in [0.15, 0.2) is 30.3 Å². The van der Waals surface area contributed by atoms with Gasteiger partial charge in [-0.1, -0.05) is 30.3 Å². The summed E-state index contributed by atoms with van der Waals surface area (Å²) in [6, 6.07) is 10.1. The Hall–Kier alpha value is -1.06. The van der Waals surface area contributed by atoms with Gasteiger partial charge in [0.15, 0.2) is 0 Å². The molecule has 1 rings (SSSR count). The molecule has 0 unspecified atom stereocenters. The lowest BCUT2D eigenvalue weighted by molar-refractivity contribution is -0.128. The molecule has 0 heterocycles. The zero-order chi connectivity index (χ0) is 10.4. The molecule has 1 aromatic rings. The molecular weight excluding hydrogens is 212 g/mol. The molecule has 0 saturated carbocycles. The van der Waals surface area contributed by atoms with E-state index in [2.05, 4.69) is 12.1 Å². The number of hydrogen-bond acceptors (Lipinski definition) is 2. The molecule has 0 aliphatic heterocycles. The minimum atomic E-state index is -0.0130. The molecule has 2 N–H and O–H groups in total. The summed E-state index contributed by atoms with van der Waals surface area (Å²) in [5, 5.41) is 0. The highest BCUT2D eigenvalue weighted by Crippen LogP contribution is 2.00. The fraction of sp³-hybridized carbons (Fsp3) is 0.364. The average Bonchev–Trinajstić information content (AvgIpc) is 2.26. The third-order valence-electron chi connectivity index (χ3n) is 2.18. The summed E-state index contributed by atoms with van der Waals surface area (Å²) >= 11 is 0. The first-order valence-corrected chi connectivity index (χ1v) is 4.72. The van der Waals surface area contributed by atoms with Gasteiger partial charge in [-0.05, 0) is 12.0 Å². The molecule has 4 heteroatoms. The lowest BCUT2D eigenvalue weighted by Gasteiger charge is -2.15. The van der Waals surface area contributed by atoms with Crippen molar-refractivity contribution in [3.8, 4) is 0 Å². The zero-order valence-electron chi connectivity index (χ0n) is 8.85. The fourth-order valence-electron chi connectivity index (χ4n) is 1.22. The predicted octanol–water partition coefficient (Wildman–Crippen LogP) is 1.07. The summed E-state index contributed by atoms with van der Waals surface area (Å²) in [5.74, 6) is -0.0130. The number of rotatable bonds is 4. The van der Waals surface area contributed by atoms with E-state index >= 15 is 0 Å². The van der Waals surface area contributed by atoms with Gasteiger partial charge in [0.05, 0.1) is 6.54 Å². The van der Waals surface area contributed by atoms with Gasteiger partial charge in [0.1, 0.15) is 0 Å². The highest BCUT2D eigenvalue weighted by Gasteiger charge is 2.04. The number of nitrogens with two attached hydrogens (primary N) is 1. The first-order valence-electron chi connectivity index (χ1n) is 4.72. The van der Waals surface area contributed by atoms with Crippen LogP contribution in [-0.4, -0.2) is 30.9 Å². The highest BCUT2D eigenvalue weighted by molar-refractivity contribution is 5.85. The molecule has 0 radical (unpaired) electrons. The number of halogens is 1. The molecule has 0 fully saturated rings. The first kappa shape index (κ1) is 13.9. The van der Waals surface area contributed by atoms with Gasteiger partial charge < -0.3 is 10.6 Å². The molecule has 1 aromatic carbocycles. The fourth-order valence-corrected chi connectivity index (χ4v) is 1.22. The maximum Gasteiger partial charge on any atom is 0.236 e. The van der Waals surface area contributed by atoms with Crippen molar-refractivity contribution in [2.45, 2.75) is 6.42 Å². The van der Waals surface area contributed by atoms with Crippen LogP contribution in [-0.2, 0) is 11.2 Å². The monoisotopic (exact) mass is 228 g/mol. The van der Waals surface area contributed by atoms with E-state index in [1.807, 2.05) is 18.2 Å². The van der Waals surface area contributed by atoms with Gasteiger partial charge in [0.2, 0.25) is 5.91 Å². The highest BCUT2D eigenvalue weighted by atomic mass is 35.5. The van der Waals surface area contributed by atoms with Crippen LogP contribution in [0, 0.1) is 0 Å². The van der Waals surface area contributed by atoms with Gasteiger partial charge in [-0.25, -0.2) is 0 Å². The molecule has 15 heavy (non-hydrogen) atoms. The Morgan fingerprint density at radius 2 is 1.93 bits per heavy atom. The van der Waals surface area contributed by atoms with Crippen LogP contribution in [0.5, 0.6) is 0 Å². The Balaban J connectivity index is 0.00000196. The van der Waals surface area contributed by atoms with E-state index in [0.29, 0.717) is 0 Å². The Bertz CT molecular complexity index is 290. The molecule has 3 nitrogen and oxygen atoms in total. The van der Waals surface area contributed by atoms with E-state index in [1.54, 1.807) is 11.9 Å². The quantitative estimate of drug-likeness (QED) is 0.838. The number of amides is 1. The van der Waals surface area contributed by atoms with Crippen molar-refractivity contribution in [3.05, 3.63) is 35.9 Å². The van der Waals surface area contributed by atoms with Crippen molar-refractivity contribution in [2.75, 3.05) is 20.1 Å². The van der Waals surface area contributed by atoms with E-state index in [-0.39, 0.29) is 24.9 Å². The van der Waals surface area contributed by atoms with Crippen LogP contribution < -0.4 is 5.73 Å². The number of benzene rings is 1. The molecule has 1 amide bonds. The standard InChI is InChI=1S/C11H16N2O.ClH/c1-13(11(14)9-12)8-7-10-5-3-2-4-6-10;/h2-6H,7-9,12H2,1H3;1H. The Labute approximate surface area is 96.7 Å². The smallest absolute Gasteiger partial charge is 0.236 e. The van der Waals surface area contributed by atoms with Crippen LogP contribution in [0.4, 0.5) is 0 Å². The number of nitrogens with zero attached hydrogens (tertiary/aromatic N) is 1. The average molecular weight is 229 g/mol. The van der Waals surface area contributed by atoms with Crippen LogP contribution >= 0.6 is 12.4 Å². The molecule has 0 atom stereocenters. The summed E-state index contributed by atoms with van der Waals surface area (Å²) in [5.41, 5.74) is 6.49. The summed E-state index contributed by atoms with van der Waals surface area (Å²) in [4.78, 5) is 12.8. The largest absolute Gasteiger partial charge is 0.344 e. The normalized spacial score (nSPS) is 9.20. The maximum absolute atomic E-state index is 11.1. The van der Waals surface area contributed by atoms with Gasteiger partial charge in [-0.2, -0.15) is 0 Å². The van der Waals surface area contributed by atoms with Gasteiger partial charge >= 0.3 is 0 Å². The molecule has 0 saturated heterocycles. The second-order valence-electron chi connectivity index (χ2n) is 3.26. The lowest BCUT2D eigenvalue weighted by atomic mass is 10.1. The van der Waals surface area contributed by atoms with Crippen molar-refractivity contribution in [1.29, 1.82) is 0 Å². The third kappa shape index (κ3) is 4.81. The molecule has 0 aliphatic carbocycles. The Morgan fingerprint density at radius 3 is 2.47 bits per heavy atom. The summed E-state index contributed by atoms with van der Waals surface area (Å²) in [6.07, 6.45) is 0.878. The van der Waals surface area contributed by atoms with E-state index in [1.165, 1.54) is 5.56 Å². The maximum atomic E-state index is 11.1. The predicted molar refractivity (Wildman–Crippen MR) is 64.1 cm³/mol. The van der Waals surface area contributed by atoms with Crippen molar-refractivity contribution >= 4 is 18.3 Å². The van der Waals surface area contributed by atoms with Gasteiger partial charge in [-0.15, -0.1) is 12.4 Å². The molecule has 0 bridgehead atoms. The van der Waals surface area contributed by atoms with Crippen molar-refractivity contribution in [3.63, 3.8) is 0 Å². The molecule has 0 aliphatic rings. The summed E-state index contributed by atoms with van der Waals surface area (Å²) in [6.45, 7) is 0.811. The second-order valence-corrected chi connectivity index (χ2v) is 3.26. The Morgan fingerprint density at radius 1 is 1.33 bits per heavy atom. The second kappa shape index (κ2) is 7.26. The topological polar surface area (TPSA) is 46.3 Å². The first-order chi connectivity index (χ1) is 6.74. The molecule has 0 spiro atoms.